The van der Waals surface area contributed by atoms with Gasteiger partial charge >= 0.3 is 5.97 Å². The molecule has 2 rings (SSSR count). The van der Waals surface area contributed by atoms with Crippen LogP contribution in [-0.2, 0) is 4.74 Å². The topological polar surface area (TPSA) is 55.6 Å². The number of esters is 1. The molecule has 1 saturated carbocycles. The highest BCUT2D eigenvalue weighted by atomic mass is 16.5. The molecule has 0 heterocycles. The number of nitrogens with two attached hydrogens (primary N) is 1. The molecule has 4 nitrogen and oxygen atoms in total. The number of ether oxygens (including phenoxy) is 1. The molecule has 0 aliphatic heterocycles. The molecule has 0 aromatic heterocycles. The molecule has 0 amide bonds. The molecule has 0 radical (unpaired) electrons. The minimum absolute atomic E-state index is 0.348. The predicted octanol–water partition coefficient (Wildman–Crippen LogP) is 2.68. The summed E-state index contributed by atoms with van der Waals surface area (Å²) in [4.78, 5) is 14.0. The lowest BCUT2D eigenvalue weighted by Gasteiger charge is -2.31. The van der Waals surface area contributed by atoms with Gasteiger partial charge in [0.1, 0.15) is 0 Å². The molecule has 0 spiro atoms. The highest BCUT2D eigenvalue weighted by molar-refractivity contribution is 5.96. The third kappa shape index (κ3) is 3.19. The maximum absolute atomic E-state index is 11.8. The van der Waals surface area contributed by atoms with Gasteiger partial charge in [0.05, 0.1) is 12.2 Å². The first-order valence-corrected chi connectivity index (χ1v) is 6.89. The van der Waals surface area contributed by atoms with Gasteiger partial charge in [0, 0.05) is 25.0 Å². The first-order valence-electron chi connectivity index (χ1n) is 6.89. The van der Waals surface area contributed by atoms with E-state index in [0.29, 0.717) is 17.9 Å². The van der Waals surface area contributed by atoms with Crippen LogP contribution in [0.2, 0.25) is 0 Å². The Morgan fingerprint density at radius 3 is 2.79 bits per heavy atom. The van der Waals surface area contributed by atoms with E-state index in [0.717, 1.165) is 18.2 Å². The van der Waals surface area contributed by atoms with Crippen LogP contribution in [-0.4, -0.2) is 26.2 Å². The van der Waals surface area contributed by atoms with E-state index in [1.165, 1.54) is 19.3 Å². The molecule has 0 atom stereocenters. The number of hydrogen-bond donors (Lipinski definition) is 1. The fourth-order valence-electron chi connectivity index (χ4n) is 2.34. The summed E-state index contributed by atoms with van der Waals surface area (Å²) in [5.41, 5.74) is 7.79. The molecule has 0 unspecified atom stereocenters. The van der Waals surface area contributed by atoms with E-state index in [9.17, 15) is 4.79 Å². The number of nitrogen functional groups attached to an aromatic ring is 1. The van der Waals surface area contributed by atoms with Crippen LogP contribution in [0.1, 0.15) is 36.5 Å². The molecule has 19 heavy (non-hydrogen) atoms. The van der Waals surface area contributed by atoms with Crippen LogP contribution in [0.4, 0.5) is 11.4 Å². The maximum Gasteiger partial charge on any atom is 0.340 e. The SMILES string of the molecule is CCOC(=O)c1cc(N(C)CC2CCC2)ccc1N. The Bertz CT molecular complexity index is 455. The monoisotopic (exact) mass is 262 g/mol. The third-order valence-corrected chi connectivity index (χ3v) is 3.73. The number of carbonyl (C=O) groups is 1. The van der Waals surface area contributed by atoms with Gasteiger partial charge in [0.15, 0.2) is 0 Å². The standard InChI is InChI=1S/C15H22N2O2/c1-3-19-15(18)13-9-12(7-8-14(13)16)17(2)10-11-5-4-6-11/h7-9,11H,3-6,10,16H2,1-2H3. The lowest BCUT2D eigenvalue weighted by Crippen LogP contribution is -2.29. The lowest BCUT2D eigenvalue weighted by atomic mass is 9.85. The molecule has 1 aliphatic carbocycles. The van der Waals surface area contributed by atoms with Crippen LogP contribution in [0.5, 0.6) is 0 Å². The predicted molar refractivity (Wildman–Crippen MR) is 77.4 cm³/mol. The van der Waals surface area contributed by atoms with Crippen molar-refractivity contribution in [3.63, 3.8) is 0 Å². The van der Waals surface area contributed by atoms with Crippen LogP contribution >= 0.6 is 0 Å². The van der Waals surface area contributed by atoms with Crippen molar-refractivity contribution < 1.29 is 9.53 Å². The van der Waals surface area contributed by atoms with Crippen LogP contribution in [0, 0.1) is 5.92 Å². The summed E-state index contributed by atoms with van der Waals surface area (Å²) in [6.45, 7) is 3.19. The van der Waals surface area contributed by atoms with Crippen LogP contribution in [0.25, 0.3) is 0 Å². The largest absolute Gasteiger partial charge is 0.462 e. The Labute approximate surface area is 114 Å². The van der Waals surface area contributed by atoms with Crippen molar-refractivity contribution in [3.05, 3.63) is 23.8 Å². The smallest absolute Gasteiger partial charge is 0.340 e. The highest BCUT2D eigenvalue weighted by Gasteiger charge is 2.20. The van der Waals surface area contributed by atoms with E-state index in [4.69, 9.17) is 10.5 Å². The van der Waals surface area contributed by atoms with Gasteiger partial charge in [0.2, 0.25) is 0 Å². The van der Waals surface area contributed by atoms with Gasteiger partial charge in [-0.2, -0.15) is 0 Å². The molecule has 2 N–H and O–H groups in total. The number of benzene rings is 1. The van der Waals surface area contributed by atoms with E-state index in [-0.39, 0.29) is 5.97 Å². The first kappa shape index (κ1) is 13.7. The van der Waals surface area contributed by atoms with Gasteiger partial charge in [0.25, 0.3) is 0 Å². The second-order valence-corrected chi connectivity index (χ2v) is 5.17. The Balaban J connectivity index is 2.12. The number of rotatable bonds is 5. The van der Waals surface area contributed by atoms with Crippen molar-refractivity contribution in [2.45, 2.75) is 26.2 Å². The summed E-state index contributed by atoms with van der Waals surface area (Å²) >= 11 is 0. The Hall–Kier alpha value is -1.71. The van der Waals surface area contributed by atoms with E-state index in [2.05, 4.69) is 11.9 Å². The summed E-state index contributed by atoms with van der Waals surface area (Å²) < 4.78 is 5.02. The normalized spacial score (nSPS) is 14.8. The lowest BCUT2D eigenvalue weighted by molar-refractivity contribution is 0.0527. The zero-order valence-electron chi connectivity index (χ0n) is 11.7. The number of carbonyl (C=O) groups excluding carboxylic acids is 1. The van der Waals surface area contributed by atoms with Gasteiger partial charge in [-0.3, -0.25) is 0 Å². The Morgan fingerprint density at radius 2 is 2.21 bits per heavy atom. The minimum atomic E-state index is -0.348. The van der Waals surface area contributed by atoms with Crippen LogP contribution in [0.3, 0.4) is 0 Å². The molecule has 1 fully saturated rings. The Kier molecular flexibility index (Phi) is 4.30. The first-order chi connectivity index (χ1) is 9.11. The van der Waals surface area contributed by atoms with Crippen LogP contribution < -0.4 is 10.6 Å². The summed E-state index contributed by atoms with van der Waals surface area (Å²) in [6, 6.07) is 5.56. The molecule has 4 heteroatoms. The number of hydrogen-bond acceptors (Lipinski definition) is 4. The molecular formula is C15H22N2O2. The third-order valence-electron chi connectivity index (χ3n) is 3.73. The number of anilines is 2. The van der Waals surface area contributed by atoms with Crippen molar-refractivity contribution in [3.8, 4) is 0 Å². The molecule has 104 valence electrons. The van der Waals surface area contributed by atoms with E-state index < -0.39 is 0 Å². The Morgan fingerprint density at radius 1 is 1.47 bits per heavy atom. The average Bonchev–Trinajstić information content (AvgIpc) is 2.34. The zero-order chi connectivity index (χ0) is 13.8. The van der Waals surface area contributed by atoms with Crippen LogP contribution in [0.15, 0.2) is 18.2 Å². The van der Waals surface area contributed by atoms with Gasteiger partial charge in [-0.1, -0.05) is 6.42 Å². The van der Waals surface area contributed by atoms with Crippen molar-refractivity contribution in [2.75, 3.05) is 30.8 Å². The fraction of sp³-hybridized carbons (Fsp3) is 0.533. The van der Waals surface area contributed by atoms with Crippen molar-refractivity contribution in [1.82, 2.24) is 0 Å². The van der Waals surface area contributed by atoms with Gasteiger partial charge in [-0.05, 0) is 43.9 Å². The summed E-state index contributed by atoms with van der Waals surface area (Å²) in [6.07, 6.45) is 3.96. The van der Waals surface area contributed by atoms with Crippen molar-refractivity contribution in [1.29, 1.82) is 0 Å². The second-order valence-electron chi connectivity index (χ2n) is 5.17. The average molecular weight is 262 g/mol. The zero-order valence-corrected chi connectivity index (χ0v) is 11.7. The molecule has 1 aromatic rings. The van der Waals surface area contributed by atoms with Gasteiger partial charge < -0.3 is 15.4 Å². The van der Waals surface area contributed by atoms with Crippen molar-refractivity contribution >= 4 is 17.3 Å². The van der Waals surface area contributed by atoms with E-state index >= 15 is 0 Å². The summed E-state index contributed by atoms with van der Waals surface area (Å²) in [7, 11) is 2.05. The van der Waals surface area contributed by atoms with E-state index in [1.54, 1.807) is 13.0 Å². The maximum atomic E-state index is 11.8. The number of nitrogens with zero attached hydrogens (tertiary/aromatic N) is 1. The highest BCUT2D eigenvalue weighted by Crippen LogP contribution is 2.29. The molecule has 1 aliphatic rings. The molecule has 0 bridgehead atoms. The van der Waals surface area contributed by atoms with Crippen molar-refractivity contribution in [2.24, 2.45) is 5.92 Å². The minimum Gasteiger partial charge on any atom is -0.462 e. The summed E-state index contributed by atoms with van der Waals surface area (Å²) in [5, 5.41) is 0. The van der Waals surface area contributed by atoms with Gasteiger partial charge in [-0.15, -0.1) is 0 Å². The van der Waals surface area contributed by atoms with E-state index in [1.807, 2.05) is 12.1 Å². The van der Waals surface area contributed by atoms with Gasteiger partial charge in [-0.25, -0.2) is 4.79 Å². The quantitative estimate of drug-likeness (QED) is 0.654. The second kappa shape index (κ2) is 5.95. The molecule has 0 saturated heterocycles. The summed E-state index contributed by atoms with van der Waals surface area (Å²) in [5.74, 6) is 0.437. The molecular weight excluding hydrogens is 240 g/mol. The molecule has 1 aromatic carbocycles. The fourth-order valence-corrected chi connectivity index (χ4v) is 2.34.